The number of carbonyl (C=O) groups excluding carboxylic acids is 1. The first-order valence-corrected chi connectivity index (χ1v) is 10.7. The fourth-order valence-corrected chi connectivity index (χ4v) is 4.58. The number of hydrogen-bond acceptors (Lipinski definition) is 7. The van der Waals surface area contributed by atoms with Gasteiger partial charge in [-0.05, 0) is 42.0 Å². The topological polar surface area (TPSA) is 106 Å². The summed E-state index contributed by atoms with van der Waals surface area (Å²) in [6, 6.07) is 16.4. The minimum atomic E-state index is -0.467. The molecule has 6 rings (SSSR count). The summed E-state index contributed by atoms with van der Waals surface area (Å²) >= 11 is 0. The Morgan fingerprint density at radius 2 is 1.71 bits per heavy atom. The Kier molecular flexibility index (Phi) is 4.45. The number of esters is 1. The monoisotopic (exact) mass is 454 g/mol. The maximum absolute atomic E-state index is 13.0. The van der Waals surface area contributed by atoms with Crippen LogP contribution in [-0.4, -0.2) is 22.8 Å². The van der Waals surface area contributed by atoms with Crippen LogP contribution in [0.15, 0.2) is 75.4 Å². The van der Waals surface area contributed by atoms with Crippen LogP contribution >= 0.6 is 0 Å². The van der Waals surface area contributed by atoms with Crippen molar-refractivity contribution in [2.45, 2.75) is 12.3 Å². The molecule has 0 fully saturated rings. The summed E-state index contributed by atoms with van der Waals surface area (Å²) in [6.07, 6.45) is 2.02. The van der Waals surface area contributed by atoms with Crippen molar-refractivity contribution >= 4 is 23.0 Å². The highest BCUT2D eigenvalue weighted by atomic mass is 16.5. The first-order chi connectivity index (χ1) is 16.5. The Hall–Kier alpha value is -4.52. The van der Waals surface area contributed by atoms with E-state index in [0.29, 0.717) is 11.1 Å². The third-order valence-electron chi connectivity index (χ3n) is 6.18. The molecule has 4 aromatic rings. The van der Waals surface area contributed by atoms with Gasteiger partial charge in [0.15, 0.2) is 5.43 Å². The molecule has 2 aliphatic heterocycles. The van der Waals surface area contributed by atoms with Gasteiger partial charge < -0.3 is 24.1 Å². The molecule has 0 aliphatic carbocycles. The fourth-order valence-electron chi connectivity index (χ4n) is 4.58. The lowest BCUT2D eigenvalue weighted by Gasteiger charge is -2.29. The number of phenols is 2. The van der Waals surface area contributed by atoms with Crippen molar-refractivity contribution in [2.75, 3.05) is 6.61 Å². The molecule has 0 radical (unpaired) electrons. The molecule has 0 saturated carbocycles. The summed E-state index contributed by atoms with van der Waals surface area (Å²) in [5.74, 6) is 0.00329. The number of aromatic hydroxyl groups is 2. The van der Waals surface area contributed by atoms with Crippen molar-refractivity contribution in [1.82, 2.24) is 0 Å². The maximum atomic E-state index is 13.0. The molecule has 0 amide bonds. The van der Waals surface area contributed by atoms with Crippen LogP contribution in [0, 0.1) is 0 Å². The van der Waals surface area contributed by atoms with Gasteiger partial charge >= 0.3 is 5.97 Å². The van der Waals surface area contributed by atoms with Crippen LogP contribution in [0.3, 0.4) is 0 Å². The van der Waals surface area contributed by atoms with E-state index in [4.69, 9.17) is 13.9 Å². The third-order valence-corrected chi connectivity index (χ3v) is 6.18. The van der Waals surface area contributed by atoms with Gasteiger partial charge in [-0.3, -0.25) is 9.59 Å². The van der Waals surface area contributed by atoms with Gasteiger partial charge in [-0.25, -0.2) is 0 Å². The van der Waals surface area contributed by atoms with E-state index in [2.05, 4.69) is 0 Å². The Bertz CT molecular complexity index is 1560. The largest absolute Gasteiger partial charge is 0.508 e. The van der Waals surface area contributed by atoms with Crippen molar-refractivity contribution in [2.24, 2.45) is 0 Å². The van der Waals surface area contributed by atoms with E-state index in [9.17, 15) is 19.8 Å². The van der Waals surface area contributed by atoms with E-state index < -0.39 is 17.3 Å². The van der Waals surface area contributed by atoms with Crippen LogP contribution in [0.5, 0.6) is 23.0 Å². The molecule has 3 aromatic carbocycles. The maximum Gasteiger partial charge on any atom is 0.312 e. The SMILES string of the molecule is O=C1C[C@@H](C2=Cc3ccccc3OC2)c2c(cc(O)c3c(=O)cc(-c4ccc(O)cc4)oc23)O1. The summed E-state index contributed by atoms with van der Waals surface area (Å²) in [4.78, 5) is 25.5. The number of phenolic OH excluding ortho intramolecular Hbond substituents is 2. The normalized spacial score (nSPS) is 16.8. The van der Waals surface area contributed by atoms with Gasteiger partial charge in [0.25, 0.3) is 0 Å². The minimum absolute atomic E-state index is 0.0157. The molecule has 7 nitrogen and oxygen atoms in total. The molecule has 2 N–H and O–H groups in total. The average Bonchev–Trinajstić information content (AvgIpc) is 2.83. The van der Waals surface area contributed by atoms with Crippen molar-refractivity contribution in [3.8, 4) is 34.3 Å². The molecular formula is C27H18O7. The summed E-state index contributed by atoms with van der Waals surface area (Å²) in [6.45, 7) is 0.263. The zero-order valence-corrected chi connectivity index (χ0v) is 17.8. The number of para-hydroxylation sites is 1. The Morgan fingerprint density at radius 3 is 2.53 bits per heavy atom. The molecule has 0 spiro atoms. The van der Waals surface area contributed by atoms with Gasteiger partial charge in [-0.1, -0.05) is 18.2 Å². The first-order valence-electron chi connectivity index (χ1n) is 10.7. The zero-order chi connectivity index (χ0) is 23.4. The van der Waals surface area contributed by atoms with E-state index in [1.54, 1.807) is 12.1 Å². The van der Waals surface area contributed by atoms with Crippen LogP contribution in [0.1, 0.15) is 23.5 Å². The van der Waals surface area contributed by atoms with Crippen LogP contribution in [0.4, 0.5) is 0 Å². The van der Waals surface area contributed by atoms with Gasteiger partial charge in [0.2, 0.25) is 0 Å². The summed E-state index contributed by atoms with van der Waals surface area (Å²) < 4.78 is 17.5. The quantitative estimate of drug-likeness (QED) is 0.333. The van der Waals surface area contributed by atoms with Crippen LogP contribution in [0.25, 0.3) is 28.4 Å². The fraction of sp³-hybridized carbons (Fsp3) is 0.111. The number of fused-ring (bicyclic) bond motifs is 4. The molecule has 34 heavy (non-hydrogen) atoms. The molecular weight excluding hydrogens is 436 g/mol. The van der Waals surface area contributed by atoms with Crippen LogP contribution < -0.4 is 14.9 Å². The number of ether oxygens (including phenoxy) is 2. The molecule has 3 heterocycles. The zero-order valence-electron chi connectivity index (χ0n) is 17.8. The predicted molar refractivity (Wildman–Crippen MR) is 124 cm³/mol. The molecule has 1 aromatic heterocycles. The summed E-state index contributed by atoms with van der Waals surface area (Å²) in [5.41, 5.74) is 2.54. The number of benzene rings is 3. The Labute approximate surface area is 193 Å². The molecule has 0 bridgehead atoms. The Morgan fingerprint density at radius 1 is 0.912 bits per heavy atom. The highest BCUT2D eigenvalue weighted by molar-refractivity contribution is 5.93. The van der Waals surface area contributed by atoms with Gasteiger partial charge in [-0.2, -0.15) is 0 Å². The van der Waals surface area contributed by atoms with Crippen molar-refractivity contribution in [1.29, 1.82) is 0 Å². The second kappa shape index (κ2) is 7.52. The second-order valence-corrected chi connectivity index (χ2v) is 8.31. The Balaban J connectivity index is 1.60. The second-order valence-electron chi connectivity index (χ2n) is 8.31. The highest BCUT2D eigenvalue weighted by Crippen LogP contribution is 2.47. The first kappa shape index (κ1) is 20.1. The van der Waals surface area contributed by atoms with Gasteiger partial charge in [0, 0.05) is 34.7 Å². The van der Waals surface area contributed by atoms with Gasteiger partial charge in [0.05, 0.1) is 6.42 Å². The summed E-state index contributed by atoms with van der Waals surface area (Å²) in [7, 11) is 0. The molecule has 1 atom stereocenters. The van der Waals surface area contributed by atoms with E-state index in [-0.39, 0.29) is 47.0 Å². The lowest BCUT2D eigenvalue weighted by Crippen LogP contribution is -2.25. The van der Waals surface area contributed by atoms with Crippen molar-refractivity contribution in [3.63, 3.8) is 0 Å². The standard InChI is InChI=1S/C27H18O7/c28-17-7-5-14(6-8-17)22-11-19(29)26-20(30)12-23-25(27(26)34-22)18(10-24(31)33-23)16-9-15-3-1-2-4-21(15)32-13-16/h1-9,11-12,18,28,30H,10,13H2/t18-/m0/s1. The van der Waals surface area contributed by atoms with E-state index in [1.165, 1.54) is 24.3 Å². The van der Waals surface area contributed by atoms with Crippen molar-refractivity contribution < 1.29 is 28.9 Å². The van der Waals surface area contributed by atoms with Crippen molar-refractivity contribution in [3.05, 3.63) is 87.6 Å². The smallest absolute Gasteiger partial charge is 0.312 e. The summed E-state index contributed by atoms with van der Waals surface area (Å²) in [5, 5.41) is 20.2. The minimum Gasteiger partial charge on any atom is -0.508 e. The predicted octanol–water partition coefficient (Wildman–Crippen LogP) is 4.74. The third kappa shape index (κ3) is 3.21. The van der Waals surface area contributed by atoms with Crippen LogP contribution in [0.2, 0.25) is 0 Å². The molecule has 168 valence electrons. The number of hydrogen-bond donors (Lipinski definition) is 2. The van der Waals surface area contributed by atoms with E-state index in [0.717, 1.165) is 16.9 Å². The highest BCUT2D eigenvalue weighted by Gasteiger charge is 2.35. The molecule has 0 unspecified atom stereocenters. The molecule has 7 heteroatoms. The van der Waals surface area contributed by atoms with Gasteiger partial charge in [-0.15, -0.1) is 0 Å². The van der Waals surface area contributed by atoms with E-state index >= 15 is 0 Å². The lowest BCUT2D eigenvalue weighted by atomic mass is 9.83. The van der Waals surface area contributed by atoms with E-state index in [1.807, 2.05) is 30.3 Å². The van der Waals surface area contributed by atoms with Crippen LogP contribution in [-0.2, 0) is 4.79 Å². The number of carbonyl (C=O) groups is 1. The molecule has 2 aliphatic rings. The van der Waals surface area contributed by atoms with Gasteiger partial charge in [0.1, 0.15) is 46.3 Å². The lowest BCUT2D eigenvalue weighted by molar-refractivity contribution is -0.135. The number of rotatable bonds is 2. The molecule has 0 saturated heterocycles. The average molecular weight is 454 g/mol.